The molecular weight excluding hydrogens is 532 g/mol. The number of hydrogen-bond acceptors (Lipinski definition) is 7. The van der Waals surface area contributed by atoms with Gasteiger partial charge in [-0.15, -0.1) is 0 Å². The maximum Gasteiger partial charge on any atom is 0.306 e. The van der Waals surface area contributed by atoms with Crippen molar-refractivity contribution >= 4 is 11.9 Å². The lowest BCUT2D eigenvalue weighted by molar-refractivity contribution is -0.161. The Morgan fingerprint density at radius 3 is 1.98 bits per heavy atom. The zero-order valence-electron chi connectivity index (χ0n) is 26.9. The van der Waals surface area contributed by atoms with E-state index in [1.54, 1.807) is 0 Å². The van der Waals surface area contributed by atoms with Crippen LogP contribution in [0.3, 0.4) is 0 Å². The number of unbranched alkanes of at least 4 members (excludes halogenated alkanes) is 8. The molecule has 7 heteroatoms. The van der Waals surface area contributed by atoms with E-state index < -0.39 is 36.9 Å². The molecule has 0 amide bonds. The molecule has 0 aliphatic rings. The van der Waals surface area contributed by atoms with Gasteiger partial charge in [0.15, 0.2) is 6.10 Å². The van der Waals surface area contributed by atoms with Gasteiger partial charge in [-0.05, 0) is 57.3 Å². The largest absolute Gasteiger partial charge is 0.462 e. The Morgan fingerprint density at radius 2 is 1.31 bits per heavy atom. The second-order valence-corrected chi connectivity index (χ2v) is 11.7. The predicted octanol–water partition coefficient (Wildman–Crippen LogP) is 7.52. The molecule has 0 aliphatic heterocycles. The molecule has 0 fully saturated rings. The van der Waals surface area contributed by atoms with Crippen LogP contribution in [0.25, 0.3) is 0 Å². The summed E-state index contributed by atoms with van der Waals surface area (Å²) in [7, 11) is 0. The highest BCUT2D eigenvalue weighted by molar-refractivity contribution is 5.70. The number of aliphatic hydroxyl groups is 3. The Bertz CT molecular complexity index is 729. The van der Waals surface area contributed by atoms with Crippen molar-refractivity contribution in [2.45, 2.75) is 155 Å². The lowest BCUT2D eigenvalue weighted by atomic mass is 10.0. The van der Waals surface area contributed by atoms with Gasteiger partial charge in [0.1, 0.15) is 6.61 Å². The van der Waals surface area contributed by atoms with E-state index in [0.29, 0.717) is 19.3 Å². The third kappa shape index (κ3) is 26.9. The predicted molar refractivity (Wildman–Crippen MR) is 171 cm³/mol. The number of esters is 2. The summed E-state index contributed by atoms with van der Waals surface area (Å²) in [6.45, 7) is 6.07. The van der Waals surface area contributed by atoms with Gasteiger partial charge in [-0.2, -0.15) is 0 Å². The molecule has 0 aromatic heterocycles. The van der Waals surface area contributed by atoms with Crippen molar-refractivity contribution in [3.05, 3.63) is 36.5 Å². The fourth-order valence-electron chi connectivity index (χ4n) is 4.37. The summed E-state index contributed by atoms with van der Waals surface area (Å²) in [5.41, 5.74) is 0. The van der Waals surface area contributed by atoms with Gasteiger partial charge in [0, 0.05) is 12.8 Å². The number of ether oxygens (including phenoxy) is 2. The van der Waals surface area contributed by atoms with Gasteiger partial charge in [0.2, 0.25) is 0 Å². The van der Waals surface area contributed by atoms with Crippen LogP contribution in [0.4, 0.5) is 0 Å². The third-order valence-electron chi connectivity index (χ3n) is 7.07. The number of rotatable bonds is 28. The Hall–Kier alpha value is -1.96. The molecule has 0 aromatic carbocycles. The summed E-state index contributed by atoms with van der Waals surface area (Å²) in [4.78, 5) is 24.1. The Morgan fingerprint density at radius 1 is 0.690 bits per heavy atom. The topological polar surface area (TPSA) is 113 Å². The molecule has 3 atom stereocenters. The van der Waals surface area contributed by atoms with Crippen LogP contribution in [-0.2, 0) is 19.1 Å². The third-order valence-corrected chi connectivity index (χ3v) is 7.07. The number of aliphatic hydroxyl groups excluding tert-OH is 3. The number of carbonyl (C=O) groups is 2. The normalized spacial score (nSPS) is 14.3. The molecule has 0 aromatic rings. The quantitative estimate of drug-likeness (QED) is 0.0488. The first kappa shape index (κ1) is 40.0. The van der Waals surface area contributed by atoms with Crippen LogP contribution in [0.15, 0.2) is 36.5 Å². The lowest BCUT2D eigenvalue weighted by Crippen LogP contribution is -2.28. The summed E-state index contributed by atoms with van der Waals surface area (Å²) < 4.78 is 10.4. The van der Waals surface area contributed by atoms with E-state index in [-0.39, 0.29) is 19.4 Å². The van der Waals surface area contributed by atoms with E-state index in [0.717, 1.165) is 44.4 Å². The van der Waals surface area contributed by atoms with Crippen LogP contribution < -0.4 is 0 Å². The van der Waals surface area contributed by atoms with Crippen LogP contribution in [0.1, 0.15) is 136 Å². The van der Waals surface area contributed by atoms with Crippen LogP contribution in [0.2, 0.25) is 0 Å². The van der Waals surface area contributed by atoms with E-state index >= 15 is 0 Å². The number of allylic oxidation sites excluding steroid dienone is 5. The van der Waals surface area contributed by atoms with Crippen molar-refractivity contribution in [2.75, 3.05) is 13.2 Å². The monoisotopic (exact) mass is 594 g/mol. The molecule has 244 valence electrons. The molecule has 3 N–H and O–H groups in total. The summed E-state index contributed by atoms with van der Waals surface area (Å²) in [6, 6.07) is 0. The second kappa shape index (κ2) is 29.1. The van der Waals surface area contributed by atoms with Gasteiger partial charge < -0.3 is 24.8 Å². The fraction of sp³-hybridized carbons (Fsp3) is 0.771. The van der Waals surface area contributed by atoms with Crippen molar-refractivity contribution in [1.82, 2.24) is 0 Å². The second-order valence-electron chi connectivity index (χ2n) is 11.7. The highest BCUT2D eigenvalue weighted by Crippen LogP contribution is 2.13. The molecule has 7 nitrogen and oxygen atoms in total. The molecular formula is C35H62O7. The van der Waals surface area contributed by atoms with Gasteiger partial charge in [-0.25, -0.2) is 0 Å². The van der Waals surface area contributed by atoms with E-state index in [1.165, 1.54) is 44.9 Å². The molecule has 0 bridgehead atoms. The van der Waals surface area contributed by atoms with Gasteiger partial charge in [-0.1, -0.05) is 109 Å². The number of carbonyl (C=O) groups excluding carboxylic acids is 2. The maximum absolute atomic E-state index is 12.0. The summed E-state index contributed by atoms with van der Waals surface area (Å²) >= 11 is 0. The van der Waals surface area contributed by atoms with Crippen LogP contribution in [-0.4, -0.2) is 58.8 Å². The van der Waals surface area contributed by atoms with Crippen LogP contribution in [0.5, 0.6) is 0 Å². The molecule has 0 radical (unpaired) electrons. The van der Waals surface area contributed by atoms with Gasteiger partial charge in [0.05, 0.1) is 18.8 Å². The lowest BCUT2D eigenvalue weighted by Gasteiger charge is -2.17. The molecule has 0 rings (SSSR count). The zero-order chi connectivity index (χ0) is 31.3. The first-order valence-electron chi connectivity index (χ1n) is 16.6. The number of hydrogen-bond donors (Lipinski definition) is 3. The minimum absolute atomic E-state index is 0.0702. The van der Waals surface area contributed by atoms with Gasteiger partial charge in [-0.3, -0.25) is 9.59 Å². The van der Waals surface area contributed by atoms with E-state index in [9.17, 15) is 24.9 Å². The van der Waals surface area contributed by atoms with Crippen molar-refractivity contribution in [2.24, 2.45) is 5.92 Å². The van der Waals surface area contributed by atoms with Crippen LogP contribution in [0, 0.1) is 5.92 Å². The minimum Gasteiger partial charge on any atom is -0.462 e. The molecule has 42 heavy (non-hydrogen) atoms. The SMILES string of the molecule is CCCCC/C=C\C/C=C\C/C=C\CC(O)C(O)CCCC(=O)OC[C@H](CO)OC(=O)CCCCCCCCC(C)C. The highest BCUT2D eigenvalue weighted by atomic mass is 16.6. The Balaban J connectivity index is 3.91. The standard InChI is InChI=1S/C35H62O7/c1-4-5-6-7-8-9-10-11-12-13-17-20-24-32(37)33(38)25-22-27-34(39)41-29-31(28-36)42-35(40)26-21-18-15-14-16-19-23-30(2)3/h8-9,11-12,17,20,30-33,36-38H,4-7,10,13-16,18-19,21-29H2,1-3H3/b9-8-,12-11-,20-17-/t31-,32?,33?/m0/s1. The van der Waals surface area contributed by atoms with E-state index in [2.05, 4.69) is 45.1 Å². The van der Waals surface area contributed by atoms with Crippen molar-refractivity contribution in [3.63, 3.8) is 0 Å². The molecule has 0 saturated heterocycles. The van der Waals surface area contributed by atoms with Gasteiger partial charge >= 0.3 is 11.9 Å². The van der Waals surface area contributed by atoms with Crippen molar-refractivity contribution in [3.8, 4) is 0 Å². The van der Waals surface area contributed by atoms with E-state index in [1.807, 2.05) is 12.2 Å². The molecule has 2 unspecified atom stereocenters. The summed E-state index contributed by atoms with van der Waals surface area (Å²) in [6.07, 6.45) is 25.5. The van der Waals surface area contributed by atoms with Crippen LogP contribution >= 0.6 is 0 Å². The van der Waals surface area contributed by atoms with Crippen molar-refractivity contribution in [1.29, 1.82) is 0 Å². The summed E-state index contributed by atoms with van der Waals surface area (Å²) in [5.74, 6) is -0.137. The average Bonchev–Trinajstić information content (AvgIpc) is 2.96. The zero-order valence-corrected chi connectivity index (χ0v) is 26.9. The Labute approximate surface area is 256 Å². The molecule has 0 spiro atoms. The average molecular weight is 595 g/mol. The Kier molecular flexibility index (Phi) is 27.8. The smallest absolute Gasteiger partial charge is 0.306 e. The maximum atomic E-state index is 12.0. The minimum atomic E-state index is -0.929. The van der Waals surface area contributed by atoms with Gasteiger partial charge in [0.25, 0.3) is 0 Å². The first-order chi connectivity index (χ1) is 20.3. The van der Waals surface area contributed by atoms with E-state index in [4.69, 9.17) is 9.47 Å². The molecule has 0 aliphatic carbocycles. The fourth-order valence-corrected chi connectivity index (χ4v) is 4.37. The molecule has 0 heterocycles. The first-order valence-corrected chi connectivity index (χ1v) is 16.6. The molecule has 0 saturated carbocycles. The highest BCUT2D eigenvalue weighted by Gasteiger charge is 2.18. The van der Waals surface area contributed by atoms with Crippen molar-refractivity contribution < 1.29 is 34.4 Å². The summed E-state index contributed by atoms with van der Waals surface area (Å²) in [5, 5.41) is 29.8.